The van der Waals surface area contributed by atoms with Crippen LogP contribution in [-0.2, 0) is 21.5 Å². The van der Waals surface area contributed by atoms with Gasteiger partial charge in [0.25, 0.3) is 5.91 Å². The molecule has 5 heteroatoms. The highest BCUT2D eigenvalue weighted by Gasteiger charge is 2.79. The summed E-state index contributed by atoms with van der Waals surface area (Å²) >= 11 is 0. The Balaban J connectivity index is 1.79. The predicted molar refractivity (Wildman–Crippen MR) is 101 cm³/mol. The smallest absolute Gasteiger partial charge is 0.253 e. The number of likely N-dealkylation sites (N-methyl/N-ethyl adjacent to an activating group) is 1. The van der Waals surface area contributed by atoms with E-state index in [1.165, 1.54) is 0 Å². The summed E-state index contributed by atoms with van der Waals surface area (Å²) in [6.45, 7) is 0.152. The lowest BCUT2D eigenvalue weighted by Gasteiger charge is -2.43. The van der Waals surface area contributed by atoms with Gasteiger partial charge < -0.3 is 15.5 Å². The highest BCUT2D eigenvalue weighted by atomic mass is 16.4. The molecule has 3 aromatic carbocycles. The van der Waals surface area contributed by atoms with Crippen molar-refractivity contribution in [2.45, 2.75) is 16.7 Å². The van der Waals surface area contributed by atoms with E-state index in [4.69, 9.17) is 0 Å². The Morgan fingerprint density at radius 1 is 0.926 bits per heavy atom. The number of carbonyl (C=O) groups is 1. The fourth-order valence-electron chi connectivity index (χ4n) is 5.82. The van der Waals surface area contributed by atoms with Crippen molar-refractivity contribution in [3.8, 4) is 0 Å². The van der Waals surface area contributed by atoms with Crippen molar-refractivity contribution in [1.82, 2.24) is 4.90 Å². The molecule has 134 valence electrons. The molecule has 0 aromatic heterocycles. The number of para-hydroxylation sites is 1. The van der Waals surface area contributed by atoms with Crippen molar-refractivity contribution in [2.24, 2.45) is 0 Å². The molecule has 1 spiro atoms. The molecule has 2 heterocycles. The maximum atomic E-state index is 13.4. The zero-order chi connectivity index (χ0) is 18.6. The van der Waals surface area contributed by atoms with Crippen molar-refractivity contribution >= 4 is 22.4 Å². The van der Waals surface area contributed by atoms with Gasteiger partial charge in [-0.15, -0.1) is 0 Å². The third-order valence-corrected chi connectivity index (χ3v) is 6.79. The van der Waals surface area contributed by atoms with Crippen molar-refractivity contribution in [3.05, 3.63) is 77.4 Å². The molecule has 1 amide bonds. The van der Waals surface area contributed by atoms with Crippen LogP contribution in [0, 0.1) is 0 Å². The summed E-state index contributed by atoms with van der Waals surface area (Å²) in [7, 11) is 1.79. The molecular weight excluding hydrogens is 340 g/mol. The Labute approximate surface area is 155 Å². The van der Waals surface area contributed by atoms with E-state index in [0.29, 0.717) is 22.4 Å². The van der Waals surface area contributed by atoms with Crippen molar-refractivity contribution < 1.29 is 15.0 Å². The lowest BCUT2D eigenvalue weighted by molar-refractivity contribution is -0.174. The van der Waals surface area contributed by atoms with Gasteiger partial charge in [-0.1, -0.05) is 54.6 Å². The molecule has 3 N–H and O–H groups in total. The van der Waals surface area contributed by atoms with E-state index >= 15 is 0 Å². The van der Waals surface area contributed by atoms with E-state index in [0.717, 1.165) is 10.8 Å². The van der Waals surface area contributed by atoms with Crippen LogP contribution in [0.2, 0.25) is 0 Å². The minimum atomic E-state index is -1.80. The number of aliphatic hydroxyl groups is 2. The molecule has 1 saturated heterocycles. The number of hydrogen-bond donors (Lipinski definition) is 3. The summed E-state index contributed by atoms with van der Waals surface area (Å²) in [4.78, 5) is 15.2. The van der Waals surface area contributed by atoms with E-state index in [9.17, 15) is 15.0 Å². The second-order valence-electron chi connectivity index (χ2n) is 7.85. The van der Waals surface area contributed by atoms with Gasteiger partial charge in [-0.05, 0) is 35.0 Å². The third kappa shape index (κ3) is 1.32. The zero-order valence-electron chi connectivity index (χ0n) is 14.7. The van der Waals surface area contributed by atoms with Gasteiger partial charge in [0, 0.05) is 17.8 Å². The number of anilines is 1. The molecular formula is C22H18N2O3. The van der Waals surface area contributed by atoms with Gasteiger partial charge in [0.05, 0.1) is 0 Å². The van der Waals surface area contributed by atoms with Crippen LogP contribution >= 0.6 is 0 Å². The molecule has 0 saturated carbocycles. The second-order valence-corrected chi connectivity index (χ2v) is 7.85. The number of amides is 1. The Kier molecular flexibility index (Phi) is 2.49. The number of nitrogens with one attached hydrogen (secondary N) is 1. The summed E-state index contributed by atoms with van der Waals surface area (Å²) in [6, 6.07) is 18.8. The van der Waals surface area contributed by atoms with Crippen LogP contribution in [0.15, 0.2) is 60.7 Å². The summed E-state index contributed by atoms with van der Waals surface area (Å²) in [5.74, 6) is -0.311. The molecule has 6 rings (SSSR count). The van der Waals surface area contributed by atoms with Crippen molar-refractivity contribution in [2.75, 3.05) is 18.9 Å². The lowest BCUT2D eigenvalue weighted by atomic mass is 9.68. The summed E-state index contributed by atoms with van der Waals surface area (Å²) in [5.41, 5.74) is -2.12. The van der Waals surface area contributed by atoms with Gasteiger partial charge in [-0.3, -0.25) is 9.69 Å². The first-order chi connectivity index (χ1) is 13.0. The molecule has 27 heavy (non-hydrogen) atoms. The van der Waals surface area contributed by atoms with Gasteiger partial charge in [-0.25, -0.2) is 0 Å². The number of hydrogen-bond acceptors (Lipinski definition) is 4. The molecule has 2 aliphatic heterocycles. The van der Waals surface area contributed by atoms with Crippen LogP contribution in [-0.4, -0.2) is 34.6 Å². The second kappa shape index (κ2) is 4.39. The number of nitrogens with zero attached hydrogens (tertiary/aromatic N) is 1. The van der Waals surface area contributed by atoms with Crippen LogP contribution in [0.25, 0.3) is 10.8 Å². The van der Waals surface area contributed by atoms with Gasteiger partial charge in [0.1, 0.15) is 5.60 Å². The Hall–Kier alpha value is -2.73. The fraction of sp³-hybridized carbons (Fsp3) is 0.227. The molecule has 1 fully saturated rings. The standard InChI is InChI=1S/C22H18N2O3/c1-24-12-20(26)15-9-4-6-13-7-5-10-16(18(13)15)22(20,27)21(24)14-8-2-3-11-17(14)23-19(21)25/h2-11,26-27H,12H2,1H3,(H,23,25)/t20-,21?,22+/m1/s1. The van der Waals surface area contributed by atoms with Crippen LogP contribution in [0.4, 0.5) is 5.69 Å². The molecule has 1 unspecified atom stereocenters. The van der Waals surface area contributed by atoms with E-state index in [-0.39, 0.29) is 12.5 Å². The Bertz CT molecular complexity index is 1170. The Morgan fingerprint density at radius 3 is 2.37 bits per heavy atom. The van der Waals surface area contributed by atoms with Gasteiger partial charge >= 0.3 is 0 Å². The van der Waals surface area contributed by atoms with E-state index < -0.39 is 16.7 Å². The molecule has 1 aliphatic carbocycles. The van der Waals surface area contributed by atoms with Gasteiger partial charge in [0.15, 0.2) is 11.1 Å². The van der Waals surface area contributed by atoms with E-state index in [1.54, 1.807) is 11.9 Å². The maximum absolute atomic E-state index is 13.4. The number of fused-ring (bicyclic) bond motifs is 6. The molecule has 3 aromatic rings. The van der Waals surface area contributed by atoms with E-state index in [1.807, 2.05) is 60.7 Å². The highest BCUT2D eigenvalue weighted by molar-refractivity contribution is 6.09. The third-order valence-electron chi connectivity index (χ3n) is 6.79. The topological polar surface area (TPSA) is 72.8 Å². The largest absolute Gasteiger partial charge is 0.380 e. The summed E-state index contributed by atoms with van der Waals surface area (Å²) < 4.78 is 0. The first-order valence-corrected chi connectivity index (χ1v) is 9.06. The number of benzene rings is 3. The molecule has 3 atom stereocenters. The van der Waals surface area contributed by atoms with Crippen LogP contribution in [0.1, 0.15) is 16.7 Å². The minimum absolute atomic E-state index is 0.152. The highest BCUT2D eigenvalue weighted by Crippen LogP contribution is 2.67. The number of likely N-dealkylation sites (tertiary alicyclic amines) is 1. The Morgan fingerprint density at radius 2 is 1.59 bits per heavy atom. The number of carbonyl (C=O) groups excluding carboxylic acids is 1. The van der Waals surface area contributed by atoms with Crippen LogP contribution in [0.3, 0.4) is 0 Å². The first-order valence-electron chi connectivity index (χ1n) is 9.06. The first kappa shape index (κ1) is 15.3. The average Bonchev–Trinajstić information content (AvgIpc) is 3.14. The quantitative estimate of drug-likeness (QED) is 0.575. The maximum Gasteiger partial charge on any atom is 0.253 e. The van der Waals surface area contributed by atoms with E-state index in [2.05, 4.69) is 5.32 Å². The SMILES string of the molecule is CN1C[C@@]2(O)c3cccc4cccc(c34)[C@@]2(O)C12C(=O)Nc1ccccc12. The minimum Gasteiger partial charge on any atom is -0.380 e. The zero-order valence-corrected chi connectivity index (χ0v) is 14.7. The van der Waals surface area contributed by atoms with Crippen LogP contribution < -0.4 is 5.32 Å². The predicted octanol–water partition coefficient (Wildman–Crippen LogP) is 2.02. The van der Waals surface area contributed by atoms with Crippen molar-refractivity contribution in [3.63, 3.8) is 0 Å². The molecule has 0 radical (unpaired) electrons. The summed E-state index contributed by atoms with van der Waals surface area (Å²) in [6.07, 6.45) is 0. The molecule has 0 bridgehead atoms. The summed E-state index contributed by atoms with van der Waals surface area (Å²) in [5, 5.41) is 28.9. The monoisotopic (exact) mass is 358 g/mol. The molecule has 3 aliphatic rings. The lowest BCUT2D eigenvalue weighted by Crippen LogP contribution is -2.60. The normalized spacial score (nSPS) is 33.5. The number of β-amino-alcohol motifs (C(OH)–C–C–N with tert-alkyl or cyclic N) is 1. The van der Waals surface area contributed by atoms with Gasteiger partial charge in [0.2, 0.25) is 0 Å². The van der Waals surface area contributed by atoms with Crippen molar-refractivity contribution in [1.29, 1.82) is 0 Å². The van der Waals surface area contributed by atoms with Crippen LogP contribution in [0.5, 0.6) is 0 Å². The number of rotatable bonds is 0. The molecule has 5 nitrogen and oxygen atoms in total. The van der Waals surface area contributed by atoms with Gasteiger partial charge in [-0.2, -0.15) is 0 Å². The fourth-order valence-corrected chi connectivity index (χ4v) is 5.82. The average molecular weight is 358 g/mol.